The zero-order chi connectivity index (χ0) is 21.7. The maximum absolute atomic E-state index is 12.9. The molecule has 2 N–H and O–H groups in total. The summed E-state index contributed by atoms with van der Waals surface area (Å²) in [5, 5.41) is 2.92. The van der Waals surface area contributed by atoms with Crippen molar-refractivity contribution in [3.63, 3.8) is 0 Å². The highest BCUT2D eigenvalue weighted by molar-refractivity contribution is 7.89. The van der Waals surface area contributed by atoms with Crippen molar-refractivity contribution >= 4 is 15.9 Å². The lowest BCUT2D eigenvalue weighted by atomic mass is 10.0. The number of methoxy groups -OCH3 is 1. The Bertz CT molecular complexity index is 1020. The van der Waals surface area contributed by atoms with Gasteiger partial charge in [0.1, 0.15) is 13.2 Å². The molecule has 2 aromatic carbocycles. The molecule has 0 radical (unpaired) electrons. The SMILES string of the molecule is COCCNS(=O)(=O)c1ccc(C)c(C(=O)NC(C)c2ccc3c(c2)OCCO3)c1. The van der Waals surface area contributed by atoms with Gasteiger partial charge in [-0.05, 0) is 49.2 Å². The fraction of sp³-hybridized carbons (Fsp3) is 0.381. The van der Waals surface area contributed by atoms with Crippen LogP contribution in [0.2, 0.25) is 0 Å². The normalized spacial score (nSPS) is 14.2. The van der Waals surface area contributed by atoms with Gasteiger partial charge in [0.2, 0.25) is 10.0 Å². The van der Waals surface area contributed by atoms with E-state index in [1.807, 2.05) is 25.1 Å². The Morgan fingerprint density at radius 1 is 1.13 bits per heavy atom. The average molecular weight is 435 g/mol. The highest BCUT2D eigenvalue weighted by Gasteiger charge is 2.20. The van der Waals surface area contributed by atoms with Crippen molar-refractivity contribution in [3.05, 3.63) is 53.1 Å². The van der Waals surface area contributed by atoms with Crippen LogP contribution in [0, 0.1) is 6.92 Å². The van der Waals surface area contributed by atoms with Crippen LogP contribution in [0.1, 0.15) is 34.5 Å². The first kappa shape index (κ1) is 22.1. The standard InChI is InChI=1S/C21H26N2O6S/c1-14-4-6-17(30(25,26)22-8-9-27-3)13-18(14)21(24)23-15(2)16-5-7-19-20(12-16)29-11-10-28-19/h4-7,12-13,15,22H,8-11H2,1-3H3,(H,23,24). The van der Waals surface area contributed by atoms with Crippen LogP contribution in [0.25, 0.3) is 0 Å². The topological polar surface area (TPSA) is 103 Å². The molecule has 0 saturated heterocycles. The van der Waals surface area contributed by atoms with E-state index in [0.29, 0.717) is 35.8 Å². The van der Waals surface area contributed by atoms with Crippen LogP contribution in [0.15, 0.2) is 41.3 Å². The van der Waals surface area contributed by atoms with E-state index in [-0.39, 0.29) is 30.0 Å². The second-order valence-corrected chi connectivity index (χ2v) is 8.73. The van der Waals surface area contributed by atoms with E-state index in [1.54, 1.807) is 13.0 Å². The lowest BCUT2D eigenvalue weighted by Gasteiger charge is -2.21. The van der Waals surface area contributed by atoms with E-state index in [4.69, 9.17) is 14.2 Å². The molecule has 0 saturated carbocycles. The monoisotopic (exact) mass is 434 g/mol. The number of benzene rings is 2. The molecular weight excluding hydrogens is 408 g/mol. The van der Waals surface area contributed by atoms with Crippen molar-refractivity contribution in [2.45, 2.75) is 24.8 Å². The first-order chi connectivity index (χ1) is 14.3. The molecule has 8 nitrogen and oxygen atoms in total. The van der Waals surface area contributed by atoms with Gasteiger partial charge in [0.25, 0.3) is 5.91 Å². The summed E-state index contributed by atoms with van der Waals surface area (Å²) in [4.78, 5) is 12.9. The number of hydrogen-bond donors (Lipinski definition) is 2. The predicted octanol–water partition coefficient (Wildman–Crippen LogP) is 2.18. The summed E-state index contributed by atoms with van der Waals surface area (Å²) in [7, 11) is -2.25. The second-order valence-electron chi connectivity index (χ2n) is 6.97. The van der Waals surface area contributed by atoms with Crippen LogP contribution in [0.3, 0.4) is 0 Å². The summed E-state index contributed by atoms with van der Waals surface area (Å²) >= 11 is 0. The number of rotatable bonds is 8. The minimum absolute atomic E-state index is 0.0290. The smallest absolute Gasteiger partial charge is 0.252 e. The number of carbonyl (C=O) groups excluding carboxylic acids is 1. The average Bonchev–Trinajstić information content (AvgIpc) is 2.73. The third kappa shape index (κ3) is 5.10. The molecule has 1 amide bonds. The van der Waals surface area contributed by atoms with Gasteiger partial charge in [-0.15, -0.1) is 0 Å². The molecular formula is C21H26N2O6S. The first-order valence-electron chi connectivity index (χ1n) is 9.61. The van der Waals surface area contributed by atoms with Crippen LogP contribution in [0.4, 0.5) is 0 Å². The van der Waals surface area contributed by atoms with Gasteiger partial charge in [0.15, 0.2) is 11.5 Å². The number of nitrogens with one attached hydrogen (secondary N) is 2. The quantitative estimate of drug-likeness (QED) is 0.618. The van der Waals surface area contributed by atoms with Gasteiger partial charge in [-0.3, -0.25) is 4.79 Å². The van der Waals surface area contributed by atoms with Crippen molar-refractivity contribution < 1.29 is 27.4 Å². The van der Waals surface area contributed by atoms with Gasteiger partial charge >= 0.3 is 0 Å². The van der Waals surface area contributed by atoms with Gasteiger partial charge in [0, 0.05) is 19.2 Å². The van der Waals surface area contributed by atoms with E-state index < -0.39 is 10.0 Å². The molecule has 3 rings (SSSR count). The van der Waals surface area contributed by atoms with Gasteiger partial charge in [-0.2, -0.15) is 0 Å². The Labute approximate surface area is 176 Å². The predicted molar refractivity (Wildman–Crippen MR) is 112 cm³/mol. The van der Waals surface area contributed by atoms with E-state index in [9.17, 15) is 13.2 Å². The Kier molecular flexibility index (Phi) is 6.96. The number of aryl methyl sites for hydroxylation is 1. The maximum Gasteiger partial charge on any atom is 0.252 e. The molecule has 162 valence electrons. The molecule has 1 atom stereocenters. The van der Waals surface area contributed by atoms with Crippen molar-refractivity contribution in [3.8, 4) is 11.5 Å². The minimum atomic E-state index is -3.74. The zero-order valence-corrected chi connectivity index (χ0v) is 18.0. The number of amides is 1. The molecule has 1 unspecified atom stereocenters. The van der Waals surface area contributed by atoms with Gasteiger partial charge in [-0.1, -0.05) is 12.1 Å². The van der Waals surface area contributed by atoms with E-state index >= 15 is 0 Å². The zero-order valence-electron chi connectivity index (χ0n) is 17.2. The van der Waals surface area contributed by atoms with Crippen LogP contribution < -0.4 is 19.5 Å². The fourth-order valence-electron chi connectivity index (χ4n) is 3.06. The van der Waals surface area contributed by atoms with Gasteiger partial charge < -0.3 is 19.5 Å². The molecule has 0 aromatic heterocycles. The maximum atomic E-state index is 12.9. The molecule has 0 aliphatic carbocycles. The van der Waals surface area contributed by atoms with Gasteiger partial charge in [0.05, 0.1) is 17.5 Å². The summed E-state index contributed by atoms with van der Waals surface area (Å²) in [5.74, 6) is 0.966. The fourth-order valence-corrected chi connectivity index (χ4v) is 4.10. The first-order valence-corrected chi connectivity index (χ1v) is 11.1. The summed E-state index contributed by atoms with van der Waals surface area (Å²) in [6.07, 6.45) is 0. The molecule has 0 spiro atoms. The van der Waals surface area contributed by atoms with Crippen LogP contribution in [0.5, 0.6) is 11.5 Å². The number of hydrogen-bond acceptors (Lipinski definition) is 6. The molecule has 1 aliphatic rings. The molecule has 2 aromatic rings. The Morgan fingerprint density at radius 3 is 2.60 bits per heavy atom. The number of carbonyl (C=O) groups is 1. The van der Waals surface area contributed by atoms with E-state index in [2.05, 4.69) is 10.0 Å². The summed E-state index contributed by atoms with van der Waals surface area (Å²) < 4.78 is 43.3. The Morgan fingerprint density at radius 2 is 1.87 bits per heavy atom. The molecule has 1 heterocycles. The number of ether oxygens (including phenoxy) is 3. The largest absolute Gasteiger partial charge is 0.486 e. The molecule has 0 fully saturated rings. The lowest BCUT2D eigenvalue weighted by Crippen LogP contribution is -2.29. The molecule has 9 heteroatoms. The van der Waals surface area contributed by atoms with Gasteiger partial charge in [-0.25, -0.2) is 13.1 Å². The third-order valence-corrected chi connectivity index (χ3v) is 6.23. The van der Waals surface area contributed by atoms with Crippen LogP contribution >= 0.6 is 0 Å². The summed E-state index contributed by atoms with van der Waals surface area (Å²) in [6, 6.07) is 9.69. The van der Waals surface area contributed by atoms with Crippen molar-refractivity contribution in [2.24, 2.45) is 0 Å². The van der Waals surface area contributed by atoms with E-state index in [0.717, 1.165) is 5.56 Å². The highest BCUT2D eigenvalue weighted by atomic mass is 32.2. The Balaban J connectivity index is 1.76. The van der Waals surface area contributed by atoms with Crippen molar-refractivity contribution in [1.82, 2.24) is 10.0 Å². The molecule has 1 aliphatic heterocycles. The summed E-state index contributed by atoms with van der Waals surface area (Å²) in [5.41, 5.74) is 1.84. The minimum Gasteiger partial charge on any atom is -0.486 e. The highest BCUT2D eigenvalue weighted by Crippen LogP contribution is 2.32. The summed E-state index contributed by atoms with van der Waals surface area (Å²) in [6.45, 7) is 5.01. The lowest BCUT2D eigenvalue weighted by molar-refractivity contribution is 0.0939. The molecule has 0 bridgehead atoms. The number of fused-ring (bicyclic) bond motifs is 1. The van der Waals surface area contributed by atoms with Crippen LogP contribution in [-0.4, -0.2) is 47.8 Å². The second kappa shape index (κ2) is 9.46. The van der Waals surface area contributed by atoms with Crippen LogP contribution in [-0.2, 0) is 14.8 Å². The third-order valence-electron chi connectivity index (χ3n) is 4.78. The Hall–Kier alpha value is -2.62. The van der Waals surface area contributed by atoms with E-state index in [1.165, 1.54) is 19.2 Å². The molecule has 30 heavy (non-hydrogen) atoms. The van der Waals surface area contributed by atoms with Crippen molar-refractivity contribution in [1.29, 1.82) is 0 Å². The number of sulfonamides is 1. The van der Waals surface area contributed by atoms with Crippen molar-refractivity contribution in [2.75, 3.05) is 33.5 Å².